The number of carboxylic acids is 1. The maximum absolute atomic E-state index is 10.4. The van der Waals surface area contributed by atoms with Crippen LogP contribution in [-0.4, -0.2) is 16.1 Å². The number of aromatic nitrogens is 1. The van der Waals surface area contributed by atoms with Crippen molar-refractivity contribution in [2.24, 2.45) is 0 Å². The molecule has 13 heavy (non-hydrogen) atoms. The summed E-state index contributed by atoms with van der Waals surface area (Å²) < 4.78 is 0. The van der Waals surface area contributed by atoms with Crippen molar-refractivity contribution in [2.75, 3.05) is 0 Å². The lowest BCUT2D eigenvalue weighted by atomic mass is 10.3. The molecular formula is C8H9Cl2NO2. The molecule has 0 aliphatic rings. The van der Waals surface area contributed by atoms with Crippen LogP contribution in [0.4, 0.5) is 0 Å². The van der Waals surface area contributed by atoms with E-state index in [9.17, 15) is 4.79 Å². The van der Waals surface area contributed by atoms with Crippen molar-refractivity contribution in [3.63, 3.8) is 0 Å². The molecule has 0 saturated heterocycles. The van der Waals surface area contributed by atoms with Gasteiger partial charge in [-0.2, -0.15) is 0 Å². The van der Waals surface area contributed by atoms with Crippen LogP contribution in [-0.2, 0) is 0 Å². The summed E-state index contributed by atoms with van der Waals surface area (Å²) in [7, 11) is 0. The number of halogens is 2. The molecule has 3 nitrogen and oxygen atoms in total. The van der Waals surface area contributed by atoms with Gasteiger partial charge in [-0.3, -0.25) is 0 Å². The van der Waals surface area contributed by atoms with E-state index in [1.54, 1.807) is 0 Å². The van der Waals surface area contributed by atoms with Crippen molar-refractivity contribution in [1.29, 1.82) is 0 Å². The lowest BCUT2D eigenvalue weighted by Crippen LogP contribution is -1.99. The summed E-state index contributed by atoms with van der Waals surface area (Å²) >= 11 is 11.0. The quantitative estimate of drug-likeness (QED) is 0.742. The minimum atomic E-state index is -1.17. The molecule has 72 valence electrons. The molecule has 1 aromatic rings. The van der Waals surface area contributed by atoms with Gasteiger partial charge in [-0.1, -0.05) is 37.0 Å². The van der Waals surface area contributed by atoms with E-state index >= 15 is 0 Å². The van der Waals surface area contributed by atoms with E-state index in [0.29, 0.717) is 0 Å². The highest BCUT2D eigenvalue weighted by Crippen LogP contribution is 2.21. The first-order valence-electron chi connectivity index (χ1n) is 3.66. The predicted octanol–water partition coefficient (Wildman–Crippen LogP) is 3.11. The van der Waals surface area contributed by atoms with Gasteiger partial charge in [0, 0.05) is 6.20 Å². The summed E-state index contributed by atoms with van der Waals surface area (Å²) in [5.41, 5.74) is -0.157. The Hall–Kier alpha value is -0.800. The van der Waals surface area contributed by atoms with E-state index < -0.39 is 5.97 Å². The van der Waals surface area contributed by atoms with E-state index in [0.717, 1.165) is 0 Å². The van der Waals surface area contributed by atoms with Crippen molar-refractivity contribution in [1.82, 2.24) is 4.98 Å². The van der Waals surface area contributed by atoms with Gasteiger partial charge in [0.05, 0.1) is 5.02 Å². The van der Waals surface area contributed by atoms with Crippen LogP contribution in [0.3, 0.4) is 0 Å². The highest BCUT2D eigenvalue weighted by molar-refractivity contribution is 6.38. The fraction of sp³-hybridized carbons (Fsp3) is 0.250. The third-order valence-electron chi connectivity index (χ3n) is 1.07. The van der Waals surface area contributed by atoms with Crippen LogP contribution in [0.1, 0.15) is 24.2 Å². The average Bonchev–Trinajstić information content (AvgIpc) is 2.07. The van der Waals surface area contributed by atoms with E-state index in [4.69, 9.17) is 28.3 Å². The molecule has 0 radical (unpaired) electrons. The largest absolute Gasteiger partial charge is 0.478 e. The molecule has 0 fully saturated rings. The Morgan fingerprint density at radius 3 is 2.31 bits per heavy atom. The second-order valence-electron chi connectivity index (χ2n) is 1.76. The first-order chi connectivity index (χ1) is 6.13. The van der Waals surface area contributed by atoms with Crippen LogP contribution in [0.15, 0.2) is 12.3 Å². The Morgan fingerprint density at radius 1 is 1.46 bits per heavy atom. The monoisotopic (exact) mass is 221 g/mol. The van der Waals surface area contributed by atoms with Gasteiger partial charge < -0.3 is 5.11 Å². The molecule has 0 atom stereocenters. The number of pyridine rings is 1. The molecule has 1 aromatic heterocycles. The number of aromatic carboxylic acids is 1. The highest BCUT2D eigenvalue weighted by Gasteiger charge is 2.13. The molecule has 5 heteroatoms. The summed E-state index contributed by atoms with van der Waals surface area (Å²) in [5.74, 6) is -1.17. The number of carboxylic acid groups (broad SMARTS) is 1. The maximum atomic E-state index is 10.4. The Morgan fingerprint density at radius 2 is 2.00 bits per heavy atom. The second kappa shape index (κ2) is 5.78. The number of nitrogens with zero attached hydrogens (tertiary/aromatic N) is 1. The van der Waals surface area contributed by atoms with Gasteiger partial charge in [-0.15, -0.1) is 0 Å². The first kappa shape index (κ1) is 12.2. The maximum Gasteiger partial charge on any atom is 0.340 e. The fourth-order valence-electron chi connectivity index (χ4n) is 0.605. The summed E-state index contributed by atoms with van der Waals surface area (Å²) in [4.78, 5) is 14.0. The number of rotatable bonds is 1. The smallest absolute Gasteiger partial charge is 0.340 e. The van der Waals surface area contributed by atoms with E-state index in [1.807, 2.05) is 13.8 Å². The highest BCUT2D eigenvalue weighted by atomic mass is 35.5. The molecule has 1 rings (SSSR count). The second-order valence-corrected chi connectivity index (χ2v) is 2.53. The third-order valence-corrected chi connectivity index (χ3v) is 1.67. The van der Waals surface area contributed by atoms with Gasteiger partial charge in [0.25, 0.3) is 0 Å². The number of hydrogen-bond donors (Lipinski definition) is 1. The Balaban J connectivity index is 0.000000671. The third kappa shape index (κ3) is 3.20. The molecule has 0 bridgehead atoms. The topological polar surface area (TPSA) is 50.2 Å². The summed E-state index contributed by atoms with van der Waals surface area (Å²) in [5, 5.41) is 8.54. The molecule has 0 aliphatic carbocycles. The average molecular weight is 222 g/mol. The molecule has 0 aliphatic heterocycles. The van der Waals surface area contributed by atoms with Gasteiger partial charge in [-0.05, 0) is 6.07 Å². The minimum Gasteiger partial charge on any atom is -0.478 e. The van der Waals surface area contributed by atoms with Crippen molar-refractivity contribution < 1.29 is 9.90 Å². The van der Waals surface area contributed by atoms with Crippen LogP contribution in [0, 0.1) is 0 Å². The Kier molecular flexibility index (Phi) is 5.42. The van der Waals surface area contributed by atoms with E-state index in [1.165, 1.54) is 12.3 Å². The summed E-state index contributed by atoms with van der Waals surface area (Å²) in [6.07, 6.45) is 1.34. The Labute approximate surface area is 86.3 Å². The molecule has 0 spiro atoms. The van der Waals surface area contributed by atoms with Gasteiger partial charge in [0.1, 0.15) is 10.7 Å². The fourth-order valence-corrected chi connectivity index (χ4v) is 1.12. The zero-order valence-electron chi connectivity index (χ0n) is 7.21. The number of hydrogen-bond acceptors (Lipinski definition) is 2. The molecule has 1 heterocycles. The van der Waals surface area contributed by atoms with E-state index in [2.05, 4.69) is 4.98 Å². The van der Waals surface area contributed by atoms with Crippen molar-refractivity contribution in [3.05, 3.63) is 28.0 Å². The normalized spacial score (nSPS) is 8.62. The molecule has 0 saturated carbocycles. The standard InChI is InChI=1S/C6H3Cl2NO2.C2H6/c7-3-1-2-9-5(8)4(3)6(10)11;1-2/h1-2H,(H,10,11);1-2H3. The van der Waals surface area contributed by atoms with E-state index in [-0.39, 0.29) is 15.7 Å². The van der Waals surface area contributed by atoms with Crippen molar-refractivity contribution >= 4 is 29.2 Å². The van der Waals surface area contributed by atoms with Gasteiger partial charge in [0.2, 0.25) is 0 Å². The summed E-state index contributed by atoms with van der Waals surface area (Å²) in [6.45, 7) is 4.00. The van der Waals surface area contributed by atoms with Gasteiger partial charge in [0.15, 0.2) is 0 Å². The lowest BCUT2D eigenvalue weighted by Gasteiger charge is -1.97. The SMILES string of the molecule is CC.O=C(O)c1c(Cl)ccnc1Cl. The zero-order valence-corrected chi connectivity index (χ0v) is 8.73. The van der Waals surface area contributed by atoms with Crippen molar-refractivity contribution in [3.8, 4) is 0 Å². The molecule has 0 amide bonds. The minimum absolute atomic E-state index is 0.0926. The predicted molar refractivity (Wildman–Crippen MR) is 52.6 cm³/mol. The lowest BCUT2D eigenvalue weighted by molar-refractivity contribution is 0.0697. The number of carbonyl (C=O) groups is 1. The zero-order chi connectivity index (χ0) is 10.4. The van der Waals surface area contributed by atoms with Crippen LogP contribution >= 0.6 is 23.2 Å². The summed E-state index contributed by atoms with van der Waals surface area (Å²) in [6, 6.07) is 1.37. The van der Waals surface area contributed by atoms with Gasteiger partial charge in [-0.25, -0.2) is 9.78 Å². The molecule has 1 N–H and O–H groups in total. The molecule has 0 aromatic carbocycles. The van der Waals surface area contributed by atoms with Crippen LogP contribution in [0.2, 0.25) is 10.2 Å². The first-order valence-corrected chi connectivity index (χ1v) is 4.42. The van der Waals surface area contributed by atoms with Crippen LogP contribution < -0.4 is 0 Å². The van der Waals surface area contributed by atoms with Crippen LogP contribution in [0.25, 0.3) is 0 Å². The van der Waals surface area contributed by atoms with Gasteiger partial charge >= 0.3 is 5.97 Å². The Bertz CT molecular complexity index is 282. The van der Waals surface area contributed by atoms with Crippen LogP contribution in [0.5, 0.6) is 0 Å². The molecular weight excluding hydrogens is 213 g/mol. The molecule has 0 unspecified atom stereocenters. The van der Waals surface area contributed by atoms with Crippen molar-refractivity contribution in [2.45, 2.75) is 13.8 Å².